The molecule has 0 bridgehead atoms. The summed E-state index contributed by atoms with van der Waals surface area (Å²) in [7, 11) is -4.56. The maximum atomic E-state index is 12.2. The fraction of sp³-hybridized carbons (Fsp3) is 0.500. The number of carbonyl (C=O) groups excluding carboxylic acids is 1. The first-order chi connectivity index (χ1) is 12.5. The number of thioether (sulfide) groups is 1. The Bertz CT molecular complexity index is 782. The molecule has 0 saturated carbocycles. The number of carboxylic acids is 1. The molecule has 13 nitrogen and oxygen atoms in total. The molecule has 3 atom stereocenters. The van der Waals surface area contributed by atoms with Crippen LogP contribution in [-0.2, 0) is 19.8 Å². The zero-order chi connectivity index (χ0) is 20.8. The van der Waals surface area contributed by atoms with Crippen LogP contribution in [0.3, 0.4) is 0 Å². The number of nitrogens with one attached hydrogen (secondary N) is 2. The molecule has 1 rings (SSSR count). The van der Waals surface area contributed by atoms with Crippen molar-refractivity contribution in [2.45, 2.75) is 24.5 Å². The number of aliphatic hydroxyl groups is 1. The third kappa shape index (κ3) is 7.14. The van der Waals surface area contributed by atoms with E-state index in [9.17, 15) is 23.1 Å². The molecule has 0 unspecified atom stereocenters. The molecule has 15 heteroatoms. The summed E-state index contributed by atoms with van der Waals surface area (Å²) in [5.41, 5.74) is 10.9. The van der Waals surface area contributed by atoms with Crippen LogP contribution in [0.2, 0.25) is 0 Å². The minimum absolute atomic E-state index is 0.0909. The number of carboxylic acid groups (broad SMARTS) is 1. The summed E-state index contributed by atoms with van der Waals surface area (Å²) in [5.74, 6) is -3.26. The Morgan fingerprint density at radius 3 is 2.48 bits per heavy atom. The van der Waals surface area contributed by atoms with Crippen molar-refractivity contribution in [2.75, 3.05) is 12.0 Å². The molecule has 1 aromatic heterocycles. The lowest BCUT2D eigenvalue weighted by molar-refractivity contribution is -0.138. The normalized spacial score (nSPS) is 15.0. The van der Waals surface area contributed by atoms with E-state index in [2.05, 4.69) is 16.7 Å². The van der Waals surface area contributed by atoms with Crippen molar-refractivity contribution in [3.8, 4) is 0 Å². The van der Waals surface area contributed by atoms with Gasteiger partial charge in [0.1, 0.15) is 11.8 Å². The van der Waals surface area contributed by atoms with Gasteiger partial charge in [-0.25, -0.2) is 4.79 Å². The molecule has 0 aliphatic carbocycles. The lowest BCUT2D eigenvalue weighted by Crippen LogP contribution is -2.48. The van der Waals surface area contributed by atoms with Gasteiger partial charge in [0, 0.05) is 5.75 Å². The number of carbonyl (C=O) groups is 2. The van der Waals surface area contributed by atoms with Gasteiger partial charge in [-0.2, -0.15) is 34.6 Å². The molecule has 27 heavy (non-hydrogen) atoms. The first-order valence-electron chi connectivity index (χ1n) is 7.23. The van der Waals surface area contributed by atoms with Crippen molar-refractivity contribution in [3.05, 3.63) is 24.1 Å². The number of rotatable bonds is 12. The maximum absolute atomic E-state index is 12.2. The number of hydrogen-bond acceptors (Lipinski definition) is 10. The van der Waals surface area contributed by atoms with E-state index in [-0.39, 0.29) is 11.7 Å². The summed E-state index contributed by atoms with van der Waals surface area (Å²) in [6.07, 6.45) is 1.25. The molecule has 0 saturated heterocycles. The lowest BCUT2D eigenvalue weighted by Gasteiger charge is -2.17. The number of nitrogens with two attached hydrogens (primary N) is 2. The van der Waals surface area contributed by atoms with Gasteiger partial charge in [-0.05, 0) is 6.26 Å². The predicted molar refractivity (Wildman–Crippen MR) is 94.5 cm³/mol. The maximum Gasteiger partial charge on any atom is 0.329 e. The van der Waals surface area contributed by atoms with Crippen LogP contribution < -0.4 is 20.9 Å². The zero-order valence-electron chi connectivity index (χ0n) is 14.2. The number of nitrogens with zero attached hydrogens (tertiary/aromatic N) is 2. The molecular weight excluding hydrogens is 404 g/mol. The number of aliphatic carboxylic acids is 1. The average Bonchev–Trinajstić information content (AvgIpc) is 3.01. The van der Waals surface area contributed by atoms with Crippen molar-refractivity contribution >= 4 is 33.8 Å². The molecule has 1 amide bonds. The second kappa shape index (κ2) is 9.65. The van der Waals surface area contributed by atoms with Crippen LogP contribution >= 0.6 is 11.8 Å². The van der Waals surface area contributed by atoms with Crippen molar-refractivity contribution < 1.29 is 32.7 Å². The van der Waals surface area contributed by atoms with Gasteiger partial charge >= 0.3 is 5.97 Å². The average molecular weight is 424 g/mol. The fourth-order valence-electron chi connectivity index (χ4n) is 1.81. The first kappa shape index (κ1) is 22.8. The molecule has 1 heterocycles. The molecule has 0 aliphatic rings. The standard InChI is InChI=1S/C12H20N6O7S2/c1-5(19)9(12(21)22)18-27(23,24)17-7(3-8(14)20)11-15-10(16-25-11)6(13)4-26-2/h6-7,9,17-19H,1,3-4,13H2,2H3,(H2,14,20)(H,21,22)/t6-,7-,9-/m0/s1. The molecule has 0 aromatic carbocycles. The van der Waals surface area contributed by atoms with Crippen molar-refractivity contribution in [2.24, 2.45) is 11.5 Å². The topological polar surface area (TPSA) is 224 Å². The van der Waals surface area contributed by atoms with Gasteiger partial charge in [0.15, 0.2) is 11.9 Å². The SMILES string of the molecule is C=C(O)[C@H](NS(=O)(=O)N[C@@H](CC(N)=O)c1nc([C@@H](N)CSC)no1)C(=O)O. The monoisotopic (exact) mass is 424 g/mol. The van der Waals surface area contributed by atoms with E-state index in [4.69, 9.17) is 21.1 Å². The molecular formula is C12H20N6O7S2. The Morgan fingerprint density at radius 2 is 2.00 bits per heavy atom. The van der Waals surface area contributed by atoms with Crippen LogP contribution in [-0.4, -0.2) is 58.7 Å². The number of aliphatic hydroxyl groups excluding tert-OH is 1. The largest absolute Gasteiger partial charge is 0.511 e. The van der Waals surface area contributed by atoms with Crippen LogP contribution in [0.5, 0.6) is 0 Å². The predicted octanol–water partition coefficient (Wildman–Crippen LogP) is -1.70. The summed E-state index contributed by atoms with van der Waals surface area (Å²) < 4.78 is 32.9. The van der Waals surface area contributed by atoms with E-state index in [1.807, 2.05) is 11.0 Å². The van der Waals surface area contributed by atoms with Crippen molar-refractivity contribution in [1.29, 1.82) is 0 Å². The van der Waals surface area contributed by atoms with Crippen LogP contribution in [0.15, 0.2) is 16.9 Å². The van der Waals surface area contributed by atoms with Gasteiger partial charge in [-0.3, -0.25) is 4.79 Å². The number of amides is 1. The molecule has 0 radical (unpaired) electrons. The molecule has 8 N–H and O–H groups in total. The van der Waals surface area contributed by atoms with Gasteiger partial charge in [0.2, 0.25) is 11.8 Å². The molecule has 1 aromatic rings. The second-order valence-electron chi connectivity index (χ2n) is 5.28. The van der Waals surface area contributed by atoms with Gasteiger partial charge in [-0.15, -0.1) is 0 Å². The molecule has 0 aliphatic heterocycles. The van der Waals surface area contributed by atoms with E-state index >= 15 is 0 Å². The van der Waals surface area contributed by atoms with Crippen LogP contribution in [0.25, 0.3) is 0 Å². The molecule has 0 spiro atoms. The lowest BCUT2D eigenvalue weighted by atomic mass is 10.2. The quantitative estimate of drug-likeness (QED) is 0.207. The van der Waals surface area contributed by atoms with E-state index in [0.717, 1.165) is 0 Å². The van der Waals surface area contributed by atoms with Crippen LogP contribution in [0.1, 0.15) is 30.2 Å². The van der Waals surface area contributed by atoms with Gasteiger partial charge in [-0.1, -0.05) is 11.7 Å². The Morgan fingerprint density at radius 1 is 1.37 bits per heavy atom. The minimum atomic E-state index is -4.56. The smallest absolute Gasteiger partial charge is 0.329 e. The van der Waals surface area contributed by atoms with Crippen LogP contribution in [0, 0.1) is 0 Å². The van der Waals surface area contributed by atoms with Gasteiger partial charge < -0.3 is 26.2 Å². The number of aromatic nitrogens is 2. The zero-order valence-corrected chi connectivity index (χ0v) is 15.8. The van der Waals surface area contributed by atoms with E-state index in [1.54, 1.807) is 4.72 Å². The fourth-order valence-corrected chi connectivity index (χ4v) is 3.49. The van der Waals surface area contributed by atoms with Crippen molar-refractivity contribution in [3.63, 3.8) is 0 Å². The van der Waals surface area contributed by atoms with Gasteiger partial charge in [0.25, 0.3) is 10.2 Å². The van der Waals surface area contributed by atoms with Crippen molar-refractivity contribution in [1.82, 2.24) is 19.6 Å². The Hall–Kier alpha value is -2.20. The highest BCUT2D eigenvalue weighted by atomic mass is 32.2. The summed E-state index contributed by atoms with van der Waals surface area (Å²) in [6.45, 7) is 2.98. The van der Waals surface area contributed by atoms with E-state index in [1.165, 1.54) is 11.8 Å². The van der Waals surface area contributed by atoms with Crippen LogP contribution in [0.4, 0.5) is 0 Å². The van der Waals surface area contributed by atoms with E-state index in [0.29, 0.717) is 5.75 Å². The Labute approximate surface area is 158 Å². The molecule has 0 fully saturated rings. The second-order valence-corrected chi connectivity index (χ2v) is 7.67. The summed E-state index contributed by atoms with van der Waals surface area (Å²) in [4.78, 5) is 26.2. The summed E-state index contributed by atoms with van der Waals surface area (Å²) in [5, 5.41) is 21.7. The highest BCUT2D eigenvalue weighted by Crippen LogP contribution is 2.19. The number of primary amides is 1. The Kier molecular flexibility index (Phi) is 8.17. The Balaban J connectivity index is 3.05. The summed E-state index contributed by atoms with van der Waals surface area (Å²) >= 11 is 1.43. The third-order valence-corrected chi connectivity index (χ3v) is 4.82. The summed E-state index contributed by atoms with van der Waals surface area (Å²) in [6, 6.07) is -3.98. The van der Waals surface area contributed by atoms with E-state index < -0.39 is 52.4 Å². The third-order valence-electron chi connectivity index (χ3n) is 2.99. The first-order valence-corrected chi connectivity index (χ1v) is 10.1. The minimum Gasteiger partial charge on any atom is -0.511 e. The highest BCUT2D eigenvalue weighted by molar-refractivity contribution is 7.98. The van der Waals surface area contributed by atoms with Gasteiger partial charge in [0.05, 0.1) is 12.5 Å². The highest BCUT2D eigenvalue weighted by Gasteiger charge is 2.31. The number of hydrogen-bond donors (Lipinski definition) is 6. The molecule has 152 valence electrons.